The molecule has 0 aromatic heterocycles. The first-order valence-electron chi connectivity index (χ1n) is 7.42. The molecule has 0 saturated carbocycles. The molecule has 0 N–H and O–H groups in total. The summed E-state index contributed by atoms with van der Waals surface area (Å²) < 4.78 is 5.67. The SMILES string of the molecule is CC(CC(=O)c1ccc2c(c1)C(C)(C)CO2)C(C)(C)C. The van der Waals surface area contributed by atoms with E-state index in [1.807, 2.05) is 18.2 Å². The molecule has 1 heterocycles. The zero-order chi connectivity index (χ0) is 15.1. The molecule has 110 valence electrons. The van der Waals surface area contributed by atoms with E-state index in [2.05, 4.69) is 41.5 Å². The van der Waals surface area contributed by atoms with Gasteiger partial charge in [-0.15, -0.1) is 0 Å². The molecule has 0 fully saturated rings. The molecule has 1 aromatic rings. The number of benzene rings is 1. The van der Waals surface area contributed by atoms with Gasteiger partial charge in [0.1, 0.15) is 5.75 Å². The van der Waals surface area contributed by atoms with Crippen LogP contribution in [0, 0.1) is 11.3 Å². The summed E-state index contributed by atoms with van der Waals surface area (Å²) in [4.78, 5) is 12.5. The summed E-state index contributed by atoms with van der Waals surface area (Å²) in [5.74, 6) is 1.53. The minimum atomic E-state index is 0.00126. The van der Waals surface area contributed by atoms with E-state index < -0.39 is 0 Å². The quantitative estimate of drug-likeness (QED) is 0.752. The van der Waals surface area contributed by atoms with Crippen molar-refractivity contribution in [2.75, 3.05) is 6.61 Å². The van der Waals surface area contributed by atoms with Crippen LogP contribution in [0.4, 0.5) is 0 Å². The van der Waals surface area contributed by atoms with Crippen molar-refractivity contribution in [3.8, 4) is 5.75 Å². The van der Waals surface area contributed by atoms with E-state index in [4.69, 9.17) is 4.74 Å². The molecule has 1 atom stereocenters. The van der Waals surface area contributed by atoms with Gasteiger partial charge >= 0.3 is 0 Å². The van der Waals surface area contributed by atoms with Gasteiger partial charge in [-0.05, 0) is 29.5 Å². The second kappa shape index (κ2) is 4.91. The Hall–Kier alpha value is -1.31. The summed E-state index contributed by atoms with van der Waals surface area (Å²) in [6.45, 7) is 13.7. The average Bonchev–Trinajstić information content (AvgIpc) is 2.64. The standard InChI is InChI=1S/C18H26O2/c1-12(17(2,3)4)9-15(19)13-7-8-16-14(10-13)18(5,6)11-20-16/h7-8,10,12H,9,11H2,1-6H3. The predicted molar refractivity (Wildman–Crippen MR) is 82.5 cm³/mol. The molecular formula is C18H26O2. The molecule has 2 heteroatoms. The number of carbonyl (C=O) groups excluding carboxylic acids is 1. The highest BCUT2D eigenvalue weighted by Gasteiger charge is 2.32. The van der Waals surface area contributed by atoms with Crippen molar-refractivity contribution in [2.24, 2.45) is 11.3 Å². The van der Waals surface area contributed by atoms with Crippen molar-refractivity contribution >= 4 is 5.78 Å². The number of rotatable bonds is 3. The Morgan fingerprint density at radius 1 is 1.35 bits per heavy atom. The van der Waals surface area contributed by atoms with Crippen molar-refractivity contribution in [2.45, 2.75) is 53.4 Å². The number of hydrogen-bond donors (Lipinski definition) is 0. The lowest BCUT2D eigenvalue weighted by Gasteiger charge is -2.26. The van der Waals surface area contributed by atoms with Crippen LogP contribution in [0.15, 0.2) is 18.2 Å². The molecule has 0 bridgehead atoms. The van der Waals surface area contributed by atoms with Gasteiger partial charge < -0.3 is 4.74 Å². The number of hydrogen-bond acceptors (Lipinski definition) is 2. The lowest BCUT2D eigenvalue weighted by molar-refractivity contribution is 0.0927. The van der Waals surface area contributed by atoms with Gasteiger partial charge in [0.2, 0.25) is 0 Å². The Kier molecular flexibility index (Phi) is 3.70. The van der Waals surface area contributed by atoms with Crippen LogP contribution in [-0.4, -0.2) is 12.4 Å². The second-order valence-corrected chi connectivity index (χ2v) is 7.78. The molecule has 1 unspecified atom stereocenters. The maximum atomic E-state index is 12.5. The van der Waals surface area contributed by atoms with Crippen LogP contribution in [0.1, 0.15) is 63.9 Å². The maximum Gasteiger partial charge on any atom is 0.163 e. The lowest BCUT2D eigenvalue weighted by atomic mass is 9.78. The van der Waals surface area contributed by atoms with Gasteiger partial charge in [0, 0.05) is 23.0 Å². The molecular weight excluding hydrogens is 248 g/mol. The number of fused-ring (bicyclic) bond motifs is 1. The van der Waals surface area contributed by atoms with Crippen LogP contribution in [0.2, 0.25) is 0 Å². The first kappa shape index (κ1) is 15.1. The minimum absolute atomic E-state index is 0.00126. The fraction of sp³-hybridized carbons (Fsp3) is 0.611. The molecule has 0 aliphatic carbocycles. The summed E-state index contributed by atoms with van der Waals surface area (Å²) in [5, 5.41) is 0. The van der Waals surface area contributed by atoms with Gasteiger partial charge in [0.05, 0.1) is 6.61 Å². The van der Waals surface area contributed by atoms with Gasteiger partial charge in [-0.2, -0.15) is 0 Å². The maximum absolute atomic E-state index is 12.5. The van der Waals surface area contributed by atoms with E-state index in [-0.39, 0.29) is 16.6 Å². The van der Waals surface area contributed by atoms with Crippen LogP contribution in [0.5, 0.6) is 5.75 Å². The van der Waals surface area contributed by atoms with E-state index in [0.29, 0.717) is 18.9 Å². The Balaban J connectivity index is 2.21. The van der Waals surface area contributed by atoms with Crippen molar-refractivity contribution < 1.29 is 9.53 Å². The van der Waals surface area contributed by atoms with Gasteiger partial charge in [-0.25, -0.2) is 0 Å². The predicted octanol–water partition coefficient (Wildman–Crippen LogP) is 4.61. The third kappa shape index (κ3) is 2.89. The van der Waals surface area contributed by atoms with Gasteiger partial charge in [-0.1, -0.05) is 41.5 Å². The molecule has 1 aromatic carbocycles. The molecule has 1 aliphatic heterocycles. The van der Waals surface area contributed by atoms with Crippen molar-refractivity contribution in [3.05, 3.63) is 29.3 Å². The molecule has 2 rings (SSSR count). The van der Waals surface area contributed by atoms with Gasteiger partial charge in [0.15, 0.2) is 5.78 Å². The molecule has 2 nitrogen and oxygen atoms in total. The highest BCUT2D eigenvalue weighted by atomic mass is 16.5. The number of carbonyl (C=O) groups is 1. The Bertz CT molecular complexity index is 521. The van der Waals surface area contributed by atoms with E-state index in [0.717, 1.165) is 16.9 Å². The van der Waals surface area contributed by atoms with E-state index in [9.17, 15) is 4.79 Å². The third-order valence-electron chi connectivity index (χ3n) is 4.59. The molecule has 20 heavy (non-hydrogen) atoms. The Morgan fingerprint density at radius 3 is 2.60 bits per heavy atom. The van der Waals surface area contributed by atoms with Crippen LogP contribution in [0.25, 0.3) is 0 Å². The number of Topliss-reactive ketones (excluding diaryl/α,β-unsaturated/α-hetero) is 1. The Morgan fingerprint density at radius 2 is 2.00 bits per heavy atom. The van der Waals surface area contributed by atoms with Crippen LogP contribution < -0.4 is 4.74 Å². The highest BCUT2D eigenvalue weighted by Crippen LogP contribution is 2.39. The van der Waals surface area contributed by atoms with Gasteiger partial charge in [0.25, 0.3) is 0 Å². The monoisotopic (exact) mass is 274 g/mol. The topological polar surface area (TPSA) is 26.3 Å². The van der Waals surface area contributed by atoms with Crippen molar-refractivity contribution in [1.82, 2.24) is 0 Å². The highest BCUT2D eigenvalue weighted by molar-refractivity contribution is 5.96. The molecule has 0 radical (unpaired) electrons. The molecule has 1 aliphatic rings. The number of ketones is 1. The normalized spacial score (nSPS) is 18.3. The largest absolute Gasteiger partial charge is 0.492 e. The average molecular weight is 274 g/mol. The summed E-state index contributed by atoms with van der Waals surface area (Å²) in [6, 6.07) is 5.87. The van der Waals surface area contributed by atoms with E-state index in [1.165, 1.54) is 0 Å². The summed E-state index contributed by atoms with van der Waals surface area (Å²) in [6.07, 6.45) is 0.601. The summed E-state index contributed by atoms with van der Waals surface area (Å²) in [5.41, 5.74) is 2.14. The summed E-state index contributed by atoms with van der Waals surface area (Å²) >= 11 is 0. The number of ether oxygens (including phenoxy) is 1. The smallest absolute Gasteiger partial charge is 0.163 e. The fourth-order valence-electron chi connectivity index (χ4n) is 2.40. The van der Waals surface area contributed by atoms with Crippen LogP contribution in [-0.2, 0) is 5.41 Å². The van der Waals surface area contributed by atoms with E-state index in [1.54, 1.807) is 0 Å². The minimum Gasteiger partial charge on any atom is -0.492 e. The second-order valence-electron chi connectivity index (χ2n) is 7.78. The zero-order valence-electron chi connectivity index (χ0n) is 13.5. The molecule has 0 amide bonds. The zero-order valence-corrected chi connectivity index (χ0v) is 13.5. The lowest BCUT2D eigenvalue weighted by Crippen LogP contribution is -2.21. The van der Waals surface area contributed by atoms with Gasteiger partial charge in [-0.3, -0.25) is 4.79 Å². The fourth-order valence-corrected chi connectivity index (χ4v) is 2.40. The molecule has 0 saturated heterocycles. The third-order valence-corrected chi connectivity index (χ3v) is 4.59. The van der Waals surface area contributed by atoms with Crippen molar-refractivity contribution in [3.63, 3.8) is 0 Å². The van der Waals surface area contributed by atoms with Crippen LogP contribution in [0.3, 0.4) is 0 Å². The molecule has 0 spiro atoms. The first-order valence-corrected chi connectivity index (χ1v) is 7.42. The first-order chi connectivity index (χ1) is 9.11. The van der Waals surface area contributed by atoms with Crippen LogP contribution >= 0.6 is 0 Å². The summed E-state index contributed by atoms with van der Waals surface area (Å²) in [7, 11) is 0. The van der Waals surface area contributed by atoms with E-state index >= 15 is 0 Å². The Labute approximate surface area is 122 Å². The van der Waals surface area contributed by atoms with Crippen molar-refractivity contribution in [1.29, 1.82) is 0 Å².